The van der Waals surface area contributed by atoms with Gasteiger partial charge in [-0.15, -0.1) is 0 Å². The van der Waals surface area contributed by atoms with E-state index in [4.69, 9.17) is 4.74 Å². The molecule has 1 fully saturated rings. The Morgan fingerprint density at radius 1 is 1.06 bits per heavy atom. The molecule has 1 amide bonds. The summed E-state index contributed by atoms with van der Waals surface area (Å²) < 4.78 is 69.0. The quantitative estimate of drug-likeness (QED) is 0.619. The molecular formula is C22H19F3N2O4S. The molecule has 32 heavy (non-hydrogen) atoms. The number of alkyl halides is 3. The van der Waals surface area contributed by atoms with Crippen LogP contribution in [0.15, 0.2) is 60.7 Å². The van der Waals surface area contributed by atoms with Crippen LogP contribution in [0, 0.1) is 0 Å². The van der Waals surface area contributed by atoms with Gasteiger partial charge in [-0.3, -0.25) is 4.79 Å². The molecule has 0 aromatic heterocycles. The second-order valence-electron chi connectivity index (χ2n) is 7.61. The van der Waals surface area contributed by atoms with Gasteiger partial charge in [-0.1, -0.05) is 12.1 Å². The van der Waals surface area contributed by atoms with Gasteiger partial charge in [-0.05, 0) is 53.9 Å². The average molecular weight is 464 g/mol. The lowest BCUT2D eigenvalue weighted by Crippen LogP contribution is -2.60. The van der Waals surface area contributed by atoms with Gasteiger partial charge in [-0.25, -0.2) is 13.1 Å². The van der Waals surface area contributed by atoms with Gasteiger partial charge in [0, 0.05) is 24.0 Å². The number of carbonyl (C=O) groups is 1. The van der Waals surface area contributed by atoms with E-state index in [1.54, 1.807) is 41.3 Å². The Balaban J connectivity index is 1.50. The van der Waals surface area contributed by atoms with Gasteiger partial charge < -0.3 is 9.64 Å². The van der Waals surface area contributed by atoms with Crippen molar-refractivity contribution in [2.75, 3.05) is 19.3 Å². The first-order chi connectivity index (χ1) is 15.0. The van der Waals surface area contributed by atoms with Crippen LogP contribution in [0.4, 0.5) is 13.2 Å². The summed E-state index contributed by atoms with van der Waals surface area (Å²) in [7, 11) is -3.32. The van der Waals surface area contributed by atoms with Gasteiger partial charge in [0.2, 0.25) is 10.0 Å². The molecule has 0 aliphatic carbocycles. The number of benzene rings is 3. The predicted molar refractivity (Wildman–Crippen MR) is 113 cm³/mol. The molecule has 0 radical (unpaired) electrons. The highest BCUT2D eigenvalue weighted by molar-refractivity contribution is 7.88. The number of fused-ring (bicyclic) bond motifs is 1. The number of carbonyl (C=O) groups excluding carboxylic acids is 1. The number of halogens is 3. The minimum absolute atomic E-state index is 0.215. The molecule has 0 bridgehead atoms. The van der Waals surface area contributed by atoms with E-state index in [2.05, 4.69) is 4.72 Å². The van der Waals surface area contributed by atoms with E-state index in [0.29, 0.717) is 29.8 Å². The van der Waals surface area contributed by atoms with Crippen molar-refractivity contribution >= 4 is 26.7 Å². The summed E-state index contributed by atoms with van der Waals surface area (Å²) in [6, 6.07) is 14.4. The molecular weight excluding hydrogens is 445 g/mol. The molecule has 0 atom stereocenters. The molecule has 1 heterocycles. The van der Waals surface area contributed by atoms with E-state index in [9.17, 15) is 26.4 Å². The zero-order valence-corrected chi connectivity index (χ0v) is 17.7. The fraction of sp³-hybridized carbons (Fsp3) is 0.227. The van der Waals surface area contributed by atoms with Crippen molar-refractivity contribution < 1.29 is 31.1 Å². The first-order valence-corrected chi connectivity index (χ1v) is 11.5. The SMILES string of the molecule is CS(=O)(=O)NC1CN(C(=O)c2ccc3c(Oc4ccc(C(F)(F)F)cc4)cccc3c2)C1. The van der Waals surface area contributed by atoms with Crippen molar-refractivity contribution in [2.45, 2.75) is 12.2 Å². The molecule has 0 unspecified atom stereocenters. The van der Waals surface area contributed by atoms with Crippen LogP contribution in [0.25, 0.3) is 10.8 Å². The number of hydrogen-bond donors (Lipinski definition) is 1. The van der Waals surface area contributed by atoms with Gasteiger partial charge >= 0.3 is 6.18 Å². The minimum Gasteiger partial charge on any atom is -0.457 e. The second kappa shape index (κ2) is 8.10. The monoisotopic (exact) mass is 464 g/mol. The normalized spacial score (nSPS) is 14.9. The second-order valence-corrected chi connectivity index (χ2v) is 9.39. The van der Waals surface area contributed by atoms with Crippen LogP contribution >= 0.6 is 0 Å². The van der Waals surface area contributed by atoms with Gasteiger partial charge in [0.25, 0.3) is 5.91 Å². The summed E-state index contributed by atoms with van der Waals surface area (Å²) in [6.45, 7) is 0.585. The number of sulfonamides is 1. The Labute approximate surface area is 182 Å². The maximum Gasteiger partial charge on any atom is 0.416 e. The first kappa shape index (κ1) is 22.1. The molecule has 168 valence electrons. The summed E-state index contributed by atoms with van der Waals surface area (Å²) in [5.41, 5.74) is -0.312. The van der Waals surface area contributed by atoms with Crippen LogP contribution in [0.1, 0.15) is 15.9 Å². The number of ether oxygens (including phenoxy) is 1. The van der Waals surface area contributed by atoms with Crippen LogP contribution in [0.2, 0.25) is 0 Å². The number of amides is 1. The standard InChI is InChI=1S/C22H19F3N2O4S/c1-32(29,30)26-17-12-27(13-17)21(28)15-5-10-19-14(11-15)3-2-4-20(19)31-18-8-6-16(7-9-18)22(23,24)25/h2-11,17,26H,12-13H2,1H3. The van der Waals surface area contributed by atoms with Crippen molar-refractivity contribution in [3.05, 3.63) is 71.8 Å². The largest absolute Gasteiger partial charge is 0.457 e. The maximum atomic E-state index is 12.7. The average Bonchev–Trinajstić information content (AvgIpc) is 2.69. The number of likely N-dealkylation sites (tertiary alicyclic amines) is 1. The Bertz CT molecular complexity index is 1270. The topological polar surface area (TPSA) is 75.7 Å². The Morgan fingerprint density at radius 2 is 1.75 bits per heavy atom. The van der Waals surface area contributed by atoms with Crippen LogP contribution in [-0.2, 0) is 16.2 Å². The molecule has 1 aliphatic rings. The molecule has 6 nitrogen and oxygen atoms in total. The van der Waals surface area contributed by atoms with Gasteiger partial charge in [0.1, 0.15) is 11.5 Å². The summed E-state index contributed by atoms with van der Waals surface area (Å²) >= 11 is 0. The predicted octanol–water partition coefficient (Wildman–Crippen LogP) is 4.02. The third kappa shape index (κ3) is 4.86. The molecule has 4 rings (SSSR count). The number of rotatable bonds is 5. The summed E-state index contributed by atoms with van der Waals surface area (Å²) in [6.07, 6.45) is -3.34. The van der Waals surface area contributed by atoms with Crippen LogP contribution in [0.3, 0.4) is 0 Å². The fourth-order valence-electron chi connectivity index (χ4n) is 3.52. The number of nitrogens with zero attached hydrogens (tertiary/aromatic N) is 1. The first-order valence-electron chi connectivity index (χ1n) is 9.64. The smallest absolute Gasteiger partial charge is 0.416 e. The van der Waals surface area contributed by atoms with Crippen molar-refractivity contribution in [3.63, 3.8) is 0 Å². The summed E-state index contributed by atoms with van der Waals surface area (Å²) in [4.78, 5) is 14.2. The van der Waals surface area contributed by atoms with Crippen LogP contribution in [-0.4, -0.2) is 44.6 Å². The highest BCUT2D eigenvalue weighted by Crippen LogP contribution is 2.34. The maximum absolute atomic E-state index is 12.7. The van der Waals surface area contributed by atoms with E-state index in [1.165, 1.54) is 12.1 Å². The highest BCUT2D eigenvalue weighted by Gasteiger charge is 2.33. The van der Waals surface area contributed by atoms with Crippen molar-refractivity contribution in [2.24, 2.45) is 0 Å². The summed E-state index contributed by atoms with van der Waals surface area (Å²) in [5.74, 6) is 0.491. The molecule has 1 saturated heterocycles. The van der Waals surface area contributed by atoms with Gasteiger partial charge in [0.15, 0.2) is 0 Å². The number of nitrogens with one attached hydrogen (secondary N) is 1. The Morgan fingerprint density at radius 3 is 2.38 bits per heavy atom. The molecule has 0 saturated carbocycles. The van der Waals surface area contributed by atoms with E-state index < -0.39 is 21.8 Å². The zero-order chi connectivity index (χ0) is 23.1. The van der Waals surface area contributed by atoms with E-state index in [1.807, 2.05) is 0 Å². The van der Waals surface area contributed by atoms with Crippen molar-refractivity contribution in [1.29, 1.82) is 0 Å². The van der Waals surface area contributed by atoms with Gasteiger partial charge in [0.05, 0.1) is 17.9 Å². The lowest BCUT2D eigenvalue weighted by Gasteiger charge is -2.39. The zero-order valence-electron chi connectivity index (χ0n) is 16.9. The highest BCUT2D eigenvalue weighted by atomic mass is 32.2. The lowest BCUT2D eigenvalue weighted by atomic mass is 10.0. The van der Waals surface area contributed by atoms with Crippen LogP contribution < -0.4 is 9.46 Å². The minimum atomic E-state index is -4.42. The molecule has 1 aliphatic heterocycles. The van der Waals surface area contributed by atoms with Crippen LogP contribution in [0.5, 0.6) is 11.5 Å². The molecule has 10 heteroatoms. The van der Waals surface area contributed by atoms with Crippen molar-refractivity contribution in [3.8, 4) is 11.5 Å². The molecule has 0 spiro atoms. The molecule has 3 aromatic carbocycles. The van der Waals surface area contributed by atoms with E-state index in [0.717, 1.165) is 23.8 Å². The fourth-order valence-corrected chi connectivity index (χ4v) is 4.27. The van der Waals surface area contributed by atoms with E-state index in [-0.39, 0.29) is 17.7 Å². The Hall–Kier alpha value is -3.11. The molecule has 3 aromatic rings. The lowest BCUT2D eigenvalue weighted by molar-refractivity contribution is -0.137. The number of hydrogen-bond acceptors (Lipinski definition) is 4. The third-order valence-electron chi connectivity index (χ3n) is 5.05. The molecule has 1 N–H and O–H groups in total. The van der Waals surface area contributed by atoms with Crippen molar-refractivity contribution in [1.82, 2.24) is 9.62 Å². The third-order valence-corrected chi connectivity index (χ3v) is 5.81. The Kier molecular flexibility index (Phi) is 5.59. The van der Waals surface area contributed by atoms with Gasteiger partial charge in [-0.2, -0.15) is 13.2 Å². The summed E-state index contributed by atoms with van der Waals surface area (Å²) in [5, 5.41) is 1.43. The van der Waals surface area contributed by atoms with E-state index >= 15 is 0 Å².